The van der Waals surface area contributed by atoms with Gasteiger partial charge in [-0.15, -0.1) is 0 Å². The Hall–Kier alpha value is -1.92. The van der Waals surface area contributed by atoms with Crippen molar-refractivity contribution in [3.05, 3.63) is 30.1 Å². The molecule has 1 N–H and O–H groups in total. The average Bonchev–Trinajstić information content (AvgIpc) is 2.87. The molecule has 0 amide bonds. The Morgan fingerprint density at radius 3 is 2.29 bits per heavy atom. The topological polar surface area (TPSA) is 57.4 Å². The number of aliphatic hydroxyl groups is 1. The van der Waals surface area contributed by atoms with E-state index in [0.29, 0.717) is 6.54 Å². The first-order valence-corrected chi connectivity index (χ1v) is 8.49. The molecule has 0 spiro atoms. The fourth-order valence-electron chi connectivity index (χ4n) is 3.03. The van der Waals surface area contributed by atoms with Gasteiger partial charge >= 0.3 is 0 Å². The van der Waals surface area contributed by atoms with E-state index in [1.165, 1.54) is 5.69 Å². The van der Waals surface area contributed by atoms with Gasteiger partial charge in [-0.2, -0.15) is 5.10 Å². The third-order valence-corrected chi connectivity index (χ3v) is 4.31. The van der Waals surface area contributed by atoms with Crippen LogP contribution >= 0.6 is 0 Å². The Balaban J connectivity index is 1.81. The molecular formula is C18H27N5O. The van der Waals surface area contributed by atoms with Crippen LogP contribution in [0.4, 0.5) is 5.69 Å². The number of aryl methyl sites for hydroxylation is 1. The third-order valence-electron chi connectivity index (χ3n) is 4.31. The van der Waals surface area contributed by atoms with Crippen molar-refractivity contribution in [2.24, 2.45) is 0 Å². The second-order valence-corrected chi connectivity index (χ2v) is 7.29. The summed E-state index contributed by atoms with van der Waals surface area (Å²) in [6.07, 6.45) is 0. The third kappa shape index (κ3) is 3.94. The van der Waals surface area contributed by atoms with Crippen LogP contribution in [0.3, 0.4) is 0 Å². The molecular weight excluding hydrogens is 302 g/mol. The van der Waals surface area contributed by atoms with Crippen LogP contribution in [0.1, 0.15) is 19.7 Å². The maximum atomic E-state index is 10.1. The molecule has 2 aromatic rings. The van der Waals surface area contributed by atoms with Gasteiger partial charge in [0.15, 0.2) is 5.82 Å². The first-order chi connectivity index (χ1) is 11.3. The lowest BCUT2D eigenvalue weighted by atomic mass is 10.1. The number of nitrogens with zero attached hydrogens (tertiary/aromatic N) is 5. The molecule has 0 unspecified atom stereocenters. The minimum absolute atomic E-state index is 0.420. The highest BCUT2D eigenvalue weighted by Gasteiger charge is 2.19. The van der Waals surface area contributed by atoms with Crippen molar-refractivity contribution in [1.82, 2.24) is 19.7 Å². The second-order valence-electron chi connectivity index (χ2n) is 7.29. The Bertz CT molecular complexity index is 678. The molecule has 1 aliphatic heterocycles. The van der Waals surface area contributed by atoms with Crippen LogP contribution in [0, 0.1) is 6.92 Å². The van der Waals surface area contributed by atoms with E-state index in [9.17, 15) is 5.11 Å². The van der Waals surface area contributed by atoms with Crippen molar-refractivity contribution in [1.29, 1.82) is 0 Å². The number of rotatable bonds is 4. The van der Waals surface area contributed by atoms with Gasteiger partial charge in [0.05, 0.1) is 12.1 Å². The monoisotopic (exact) mass is 329 g/mol. The molecule has 0 aliphatic carbocycles. The zero-order valence-electron chi connectivity index (χ0n) is 15.0. The van der Waals surface area contributed by atoms with E-state index in [-0.39, 0.29) is 0 Å². The fraction of sp³-hybridized carbons (Fsp3) is 0.556. The second kappa shape index (κ2) is 6.53. The zero-order chi connectivity index (χ0) is 17.3. The highest BCUT2D eigenvalue weighted by Crippen LogP contribution is 2.24. The highest BCUT2D eigenvalue weighted by atomic mass is 16.3. The van der Waals surface area contributed by atoms with E-state index in [1.54, 1.807) is 18.5 Å². The van der Waals surface area contributed by atoms with Gasteiger partial charge in [-0.05, 0) is 52.1 Å². The van der Waals surface area contributed by atoms with Crippen molar-refractivity contribution in [3.8, 4) is 11.4 Å². The fourth-order valence-corrected chi connectivity index (χ4v) is 3.03. The molecule has 0 radical (unpaired) electrons. The van der Waals surface area contributed by atoms with Crippen LogP contribution in [0.5, 0.6) is 0 Å². The average molecular weight is 329 g/mol. The molecule has 6 heteroatoms. The Morgan fingerprint density at radius 2 is 1.71 bits per heavy atom. The van der Waals surface area contributed by atoms with Crippen molar-refractivity contribution >= 4 is 5.69 Å². The normalized spacial score (nSPS) is 16.6. The minimum Gasteiger partial charge on any atom is -0.389 e. The van der Waals surface area contributed by atoms with Crippen LogP contribution in [-0.2, 0) is 6.54 Å². The number of hydrogen-bond donors (Lipinski definition) is 1. The molecule has 130 valence electrons. The van der Waals surface area contributed by atoms with Gasteiger partial charge in [-0.1, -0.05) is 0 Å². The summed E-state index contributed by atoms with van der Waals surface area (Å²) < 4.78 is 1.79. The Labute approximate surface area is 143 Å². The van der Waals surface area contributed by atoms with E-state index < -0.39 is 5.60 Å². The van der Waals surface area contributed by atoms with Crippen molar-refractivity contribution in [2.45, 2.75) is 32.9 Å². The Morgan fingerprint density at radius 1 is 1.08 bits per heavy atom. The maximum Gasteiger partial charge on any atom is 0.158 e. The standard InChI is InChI=1S/C18H27N5O/c1-14-19-17(23(20-14)13-18(2,3)24)15-5-7-16(8-6-15)22-11-9-21(4)10-12-22/h5-8,24H,9-13H2,1-4H3. The smallest absolute Gasteiger partial charge is 0.158 e. The molecule has 0 saturated carbocycles. The molecule has 6 nitrogen and oxygen atoms in total. The number of hydrogen-bond acceptors (Lipinski definition) is 5. The molecule has 1 fully saturated rings. The summed E-state index contributed by atoms with van der Waals surface area (Å²) in [4.78, 5) is 9.30. The van der Waals surface area contributed by atoms with Crippen molar-refractivity contribution in [2.75, 3.05) is 38.1 Å². The van der Waals surface area contributed by atoms with E-state index in [1.807, 2.05) is 6.92 Å². The van der Waals surface area contributed by atoms with Crippen LogP contribution in [-0.4, -0.2) is 63.6 Å². The number of anilines is 1. The van der Waals surface area contributed by atoms with Crippen LogP contribution in [0.15, 0.2) is 24.3 Å². The molecule has 1 aliphatic rings. The molecule has 1 saturated heterocycles. The van der Waals surface area contributed by atoms with Crippen molar-refractivity contribution < 1.29 is 5.11 Å². The first kappa shape index (κ1) is 16.9. The molecule has 0 bridgehead atoms. The summed E-state index contributed by atoms with van der Waals surface area (Å²) in [6.45, 7) is 10.2. The highest BCUT2D eigenvalue weighted by molar-refractivity contribution is 5.61. The first-order valence-electron chi connectivity index (χ1n) is 8.49. The number of likely N-dealkylation sites (N-methyl/N-ethyl adjacent to an activating group) is 1. The lowest BCUT2D eigenvalue weighted by molar-refractivity contribution is 0.0581. The summed E-state index contributed by atoms with van der Waals surface area (Å²) in [6, 6.07) is 8.49. The van der Waals surface area contributed by atoms with Crippen LogP contribution in [0.25, 0.3) is 11.4 Å². The molecule has 0 atom stereocenters. The number of piperazine rings is 1. The van der Waals surface area contributed by atoms with E-state index in [2.05, 4.69) is 51.2 Å². The summed E-state index contributed by atoms with van der Waals surface area (Å²) in [5.41, 5.74) is 1.45. The predicted molar refractivity (Wildman–Crippen MR) is 96.2 cm³/mol. The SMILES string of the molecule is Cc1nc(-c2ccc(N3CCN(C)CC3)cc2)n(CC(C)(C)O)n1. The summed E-state index contributed by atoms with van der Waals surface area (Å²) in [5.74, 6) is 1.52. The summed E-state index contributed by atoms with van der Waals surface area (Å²) >= 11 is 0. The zero-order valence-corrected chi connectivity index (χ0v) is 15.0. The van der Waals surface area contributed by atoms with E-state index in [4.69, 9.17) is 0 Å². The molecule has 3 rings (SSSR count). The number of aromatic nitrogens is 3. The summed E-state index contributed by atoms with van der Waals surface area (Å²) in [5, 5.41) is 14.5. The molecule has 2 heterocycles. The van der Waals surface area contributed by atoms with Gasteiger partial charge in [-0.3, -0.25) is 0 Å². The van der Waals surface area contributed by atoms with Gasteiger partial charge in [0.25, 0.3) is 0 Å². The van der Waals surface area contributed by atoms with E-state index >= 15 is 0 Å². The quantitative estimate of drug-likeness (QED) is 0.926. The molecule has 24 heavy (non-hydrogen) atoms. The largest absolute Gasteiger partial charge is 0.389 e. The molecule has 1 aromatic heterocycles. The van der Waals surface area contributed by atoms with Crippen LogP contribution < -0.4 is 4.90 Å². The van der Waals surface area contributed by atoms with Gasteiger partial charge in [0.2, 0.25) is 0 Å². The minimum atomic E-state index is -0.825. The predicted octanol–water partition coefficient (Wildman–Crippen LogP) is 1.78. The van der Waals surface area contributed by atoms with Gasteiger partial charge in [0.1, 0.15) is 5.82 Å². The lowest BCUT2D eigenvalue weighted by Crippen LogP contribution is -2.44. The van der Waals surface area contributed by atoms with E-state index in [0.717, 1.165) is 43.4 Å². The number of benzene rings is 1. The summed E-state index contributed by atoms with van der Waals surface area (Å²) in [7, 11) is 2.16. The van der Waals surface area contributed by atoms with Gasteiger partial charge in [0, 0.05) is 37.4 Å². The van der Waals surface area contributed by atoms with Crippen LogP contribution in [0.2, 0.25) is 0 Å². The van der Waals surface area contributed by atoms with Gasteiger partial charge < -0.3 is 14.9 Å². The lowest BCUT2D eigenvalue weighted by Gasteiger charge is -2.34. The van der Waals surface area contributed by atoms with Crippen molar-refractivity contribution in [3.63, 3.8) is 0 Å². The van der Waals surface area contributed by atoms with Gasteiger partial charge in [-0.25, -0.2) is 9.67 Å². The molecule has 1 aromatic carbocycles. The Kier molecular flexibility index (Phi) is 4.60. The maximum absolute atomic E-state index is 10.1.